The maximum absolute atomic E-state index is 4.39. The Balaban J connectivity index is 1.79. The van der Waals surface area contributed by atoms with Gasteiger partial charge in [0.05, 0.1) is 0 Å². The van der Waals surface area contributed by atoms with E-state index in [2.05, 4.69) is 44.3 Å². The molecule has 2 heterocycles. The fourth-order valence-corrected chi connectivity index (χ4v) is 2.87. The van der Waals surface area contributed by atoms with E-state index in [1.165, 1.54) is 24.1 Å². The van der Waals surface area contributed by atoms with Gasteiger partial charge < -0.3 is 9.88 Å². The molecule has 0 radical (unpaired) electrons. The molecule has 0 spiro atoms. The lowest BCUT2D eigenvalue weighted by Crippen LogP contribution is -2.20. The minimum absolute atomic E-state index is 0.394. The summed E-state index contributed by atoms with van der Waals surface area (Å²) in [6, 6.07) is 9.20. The van der Waals surface area contributed by atoms with E-state index in [0.29, 0.717) is 12.0 Å². The van der Waals surface area contributed by atoms with Crippen LogP contribution in [0.25, 0.3) is 0 Å². The molecule has 1 saturated carbocycles. The maximum Gasteiger partial charge on any atom is 0.140 e. The van der Waals surface area contributed by atoms with E-state index >= 15 is 0 Å². The third-order valence-electron chi connectivity index (χ3n) is 3.94. The molecule has 1 atom stereocenters. The van der Waals surface area contributed by atoms with Crippen molar-refractivity contribution < 1.29 is 0 Å². The van der Waals surface area contributed by atoms with E-state index in [1.54, 1.807) is 0 Å². The summed E-state index contributed by atoms with van der Waals surface area (Å²) >= 11 is 0. The zero-order chi connectivity index (χ0) is 11.9. The minimum Gasteiger partial charge on any atom is -0.385 e. The second kappa shape index (κ2) is 3.83. The van der Waals surface area contributed by atoms with Crippen LogP contribution in [0.1, 0.15) is 42.6 Å². The van der Waals surface area contributed by atoms with Gasteiger partial charge in [-0.1, -0.05) is 18.2 Å². The smallest absolute Gasteiger partial charge is 0.140 e. The summed E-state index contributed by atoms with van der Waals surface area (Å²) in [4.78, 5) is 0. The van der Waals surface area contributed by atoms with E-state index < -0.39 is 0 Å². The first-order chi connectivity index (χ1) is 8.93. The van der Waals surface area contributed by atoms with E-state index in [4.69, 9.17) is 0 Å². The first-order valence-electron chi connectivity index (χ1n) is 6.65. The molecule has 2 aliphatic rings. The molecular formula is C14H16N4. The van der Waals surface area contributed by atoms with Gasteiger partial charge in [-0.2, -0.15) is 0 Å². The third kappa shape index (κ3) is 1.52. The SMILES string of the molecule is c1ccc2c(c1)NCCC2c1nncn1C1CC1. The van der Waals surface area contributed by atoms with Crippen LogP contribution in [-0.2, 0) is 0 Å². The highest BCUT2D eigenvalue weighted by Gasteiger charge is 2.31. The normalized spacial score (nSPS) is 22.3. The molecule has 1 N–H and O–H groups in total. The van der Waals surface area contributed by atoms with E-state index in [9.17, 15) is 0 Å². The first-order valence-corrected chi connectivity index (χ1v) is 6.65. The number of benzene rings is 1. The number of hydrogen-bond acceptors (Lipinski definition) is 3. The molecule has 4 rings (SSSR count). The van der Waals surface area contributed by atoms with Gasteiger partial charge in [0.1, 0.15) is 12.2 Å². The van der Waals surface area contributed by atoms with Crippen molar-refractivity contribution in [2.45, 2.75) is 31.2 Å². The van der Waals surface area contributed by atoms with Crippen LogP contribution in [-0.4, -0.2) is 21.3 Å². The van der Waals surface area contributed by atoms with Crippen molar-refractivity contribution in [2.75, 3.05) is 11.9 Å². The lowest BCUT2D eigenvalue weighted by molar-refractivity contribution is 0.602. The molecule has 1 aliphatic carbocycles. The molecular weight excluding hydrogens is 224 g/mol. The van der Waals surface area contributed by atoms with Crippen LogP contribution in [0.5, 0.6) is 0 Å². The predicted molar refractivity (Wildman–Crippen MR) is 69.7 cm³/mol. The number of rotatable bonds is 2. The average Bonchev–Trinajstić information content (AvgIpc) is 3.16. The van der Waals surface area contributed by atoms with Gasteiger partial charge in [0.15, 0.2) is 0 Å². The van der Waals surface area contributed by atoms with Crippen molar-refractivity contribution >= 4 is 5.69 Å². The van der Waals surface area contributed by atoms with Crippen molar-refractivity contribution in [3.05, 3.63) is 42.0 Å². The minimum atomic E-state index is 0.394. The summed E-state index contributed by atoms with van der Waals surface area (Å²) in [6.07, 6.45) is 5.55. The molecule has 4 nitrogen and oxygen atoms in total. The van der Waals surface area contributed by atoms with Crippen molar-refractivity contribution in [3.8, 4) is 0 Å². The molecule has 1 fully saturated rings. The summed E-state index contributed by atoms with van der Waals surface area (Å²) in [5.41, 5.74) is 2.61. The molecule has 0 amide bonds. The summed E-state index contributed by atoms with van der Waals surface area (Å²) < 4.78 is 2.28. The number of aromatic nitrogens is 3. The first kappa shape index (κ1) is 10.1. The Hall–Kier alpha value is -1.84. The Bertz CT molecular complexity index is 571. The van der Waals surface area contributed by atoms with Crippen molar-refractivity contribution in [1.82, 2.24) is 14.8 Å². The number of nitrogens with zero attached hydrogens (tertiary/aromatic N) is 3. The Morgan fingerprint density at radius 1 is 1.17 bits per heavy atom. The van der Waals surface area contributed by atoms with Crippen LogP contribution in [0.2, 0.25) is 0 Å². The fraction of sp³-hybridized carbons (Fsp3) is 0.429. The Kier molecular flexibility index (Phi) is 2.15. The van der Waals surface area contributed by atoms with Gasteiger partial charge in [-0.15, -0.1) is 10.2 Å². The molecule has 4 heteroatoms. The Morgan fingerprint density at radius 2 is 2.06 bits per heavy atom. The number of anilines is 1. The zero-order valence-corrected chi connectivity index (χ0v) is 10.2. The standard InChI is InChI=1S/C14H16N4/c1-2-4-13-11(3-1)12(7-8-15-13)14-17-16-9-18(14)10-5-6-10/h1-4,9-10,12,15H,5-8H2. The molecule has 1 aliphatic heterocycles. The van der Waals surface area contributed by atoms with Crippen molar-refractivity contribution in [2.24, 2.45) is 0 Å². The van der Waals surface area contributed by atoms with Gasteiger partial charge in [0.25, 0.3) is 0 Å². The number of nitrogens with one attached hydrogen (secondary N) is 1. The topological polar surface area (TPSA) is 42.7 Å². The van der Waals surface area contributed by atoms with Crippen LogP contribution in [0, 0.1) is 0 Å². The summed E-state index contributed by atoms with van der Waals surface area (Å²) in [5.74, 6) is 1.54. The van der Waals surface area contributed by atoms with Crippen molar-refractivity contribution in [1.29, 1.82) is 0 Å². The van der Waals surface area contributed by atoms with Crippen molar-refractivity contribution in [3.63, 3.8) is 0 Å². The van der Waals surface area contributed by atoms with Gasteiger partial charge in [-0.25, -0.2) is 0 Å². The van der Waals surface area contributed by atoms with E-state index in [1.807, 2.05) is 6.33 Å². The fourth-order valence-electron chi connectivity index (χ4n) is 2.87. The van der Waals surface area contributed by atoms with Gasteiger partial charge >= 0.3 is 0 Å². The van der Waals surface area contributed by atoms with Crippen LogP contribution in [0.4, 0.5) is 5.69 Å². The van der Waals surface area contributed by atoms with Crippen LogP contribution in [0.15, 0.2) is 30.6 Å². The summed E-state index contributed by atoms with van der Waals surface area (Å²) in [6.45, 7) is 1.01. The van der Waals surface area contributed by atoms with Crippen LogP contribution in [0.3, 0.4) is 0 Å². The third-order valence-corrected chi connectivity index (χ3v) is 3.94. The second-order valence-corrected chi connectivity index (χ2v) is 5.18. The average molecular weight is 240 g/mol. The van der Waals surface area contributed by atoms with Gasteiger partial charge in [-0.05, 0) is 30.9 Å². The Morgan fingerprint density at radius 3 is 2.94 bits per heavy atom. The molecule has 0 bridgehead atoms. The van der Waals surface area contributed by atoms with E-state index in [-0.39, 0.29) is 0 Å². The van der Waals surface area contributed by atoms with E-state index in [0.717, 1.165) is 18.8 Å². The highest BCUT2D eigenvalue weighted by molar-refractivity contribution is 5.56. The summed E-state index contributed by atoms with van der Waals surface area (Å²) in [7, 11) is 0. The Labute approximate surface area is 106 Å². The maximum atomic E-state index is 4.39. The summed E-state index contributed by atoms with van der Waals surface area (Å²) in [5, 5.41) is 12.0. The zero-order valence-electron chi connectivity index (χ0n) is 10.2. The molecule has 1 aromatic carbocycles. The molecule has 1 unspecified atom stereocenters. The second-order valence-electron chi connectivity index (χ2n) is 5.18. The number of para-hydroxylation sites is 1. The monoisotopic (exact) mass is 240 g/mol. The number of fused-ring (bicyclic) bond motifs is 1. The lowest BCUT2D eigenvalue weighted by atomic mass is 9.90. The lowest BCUT2D eigenvalue weighted by Gasteiger charge is -2.26. The quantitative estimate of drug-likeness (QED) is 0.877. The number of hydrogen-bond donors (Lipinski definition) is 1. The highest BCUT2D eigenvalue weighted by Crippen LogP contribution is 2.40. The van der Waals surface area contributed by atoms with Crippen LogP contribution >= 0.6 is 0 Å². The molecule has 92 valence electrons. The molecule has 2 aromatic rings. The molecule has 18 heavy (non-hydrogen) atoms. The highest BCUT2D eigenvalue weighted by atomic mass is 15.3. The molecule has 0 saturated heterocycles. The van der Waals surface area contributed by atoms with Gasteiger partial charge in [0, 0.05) is 24.2 Å². The van der Waals surface area contributed by atoms with Crippen LogP contribution < -0.4 is 5.32 Å². The molecule has 1 aromatic heterocycles. The van der Waals surface area contributed by atoms with Gasteiger partial charge in [0.2, 0.25) is 0 Å². The largest absolute Gasteiger partial charge is 0.385 e. The predicted octanol–water partition coefficient (Wildman–Crippen LogP) is 2.56. The van der Waals surface area contributed by atoms with Gasteiger partial charge in [-0.3, -0.25) is 0 Å².